The van der Waals surface area contributed by atoms with Crippen molar-refractivity contribution in [2.75, 3.05) is 62.9 Å². The van der Waals surface area contributed by atoms with E-state index >= 15 is 0 Å². The molecule has 0 radical (unpaired) electrons. The van der Waals surface area contributed by atoms with Crippen molar-refractivity contribution in [3.05, 3.63) is 41.6 Å². The van der Waals surface area contributed by atoms with E-state index in [2.05, 4.69) is 30.3 Å². The smallest absolute Gasteiger partial charge is 0.319 e. The van der Waals surface area contributed by atoms with Gasteiger partial charge in [-0.2, -0.15) is 15.1 Å². The maximum atomic E-state index is 11.4. The van der Waals surface area contributed by atoms with E-state index in [0.29, 0.717) is 42.8 Å². The topological polar surface area (TPSA) is 118 Å². The van der Waals surface area contributed by atoms with Crippen LogP contribution in [0.2, 0.25) is 0 Å². The third-order valence-corrected chi connectivity index (χ3v) is 5.67. The number of morpholine rings is 1. The summed E-state index contributed by atoms with van der Waals surface area (Å²) in [6.07, 6.45) is 5.42. The van der Waals surface area contributed by atoms with E-state index in [1.165, 1.54) is 19.3 Å². The Morgan fingerprint density at radius 3 is 2.76 bits per heavy atom. The molecule has 0 spiro atoms. The van der Waals surface area contributed by atoms with Gasteiger partial charge in [0.1, 0.15) is 12.4 Å². The Labute approximate surface area is 193 Å². The van der Waals surface area contributed by atoms with Gasteiger partial charge in [0, 0.05) is 31.3 Å². The minimum absolute atomic E-state index is 0.341. The molecule has 2 aliphatic heterocycles. The van der Waals surface area contributed by atoms with Crippen LogP contribution in [0.25, 0.3) is 0 Å². The van der Waals surface area contributed by atoms with Gasteiger partial charge in [0.25, 0.3) is 0 Å². The van der Waals surface area contributed by atoms with Crippen LogP contribution in [0.15, 0.2) is 35.4 Å². The van der Waals surface area contributed by atoms with E-state index in [4.69, 9.17) is 15.2 Å². The lowest BCUT2D eigenvalue weighted by atomic mass is 10.1. The summed E-state index contributed by atoms with van der Waals surface area (Å²) in [6.45, 7) is 6.51. The summed E-state index contributed by atoms with van der Waals surface area (Å²) in [6, 6.07) is 9.07. The van der Waals surface area contributed by atoms with Crippen molar-refractivity contribution in [3.8, 4) is 6.01 Å². The second-order valence-corrected chi connectivity index (χ2v) is 8.10. The molecule has 2 aliphatic rings. The highest BCUT2D eigenvalue weighted by Crippen LogP contribution is 2.18. The van der Waals surface area contributed by atoms with Gasteiger partial charge in [-0.15, -0.1) is 0 Å². The number of nitrogens with two attached hydrogens (primary N) is 1. The fraction of sp³-hybridized carbons (Fsp3) is 0.478. The molecule has 176 valence electrons. The standard InChI is InChI=1S/C23H31N7O3/c24-22(31)18-5-4-6-19(15-18)28-25-17-20-16-21(30-10-12-32-13-11-30)27-23(26-20)33-14-9-29-7-2-1-3-8-29/h4-6,15-17,28H,1-3,7-14H2,(H2,24,31). The molecule has 0 unspecified atom stereocenters. The Morgan fingerprint density at radius 1 is 1.15 bits per heavy atom. The number of hydrazone groups is 1. The van der Waals surface area contributed by atoms with E-state index in [0.717, 1.165) is 38.5 Å². The molecule has 2 saturated heterocycles. The van der Waals surface area contributed by atoms with Crippen molar-refractivity contribution < 1.29 is 14.3 Å². The Bertz CT molecular complexity index is 957. The Morgan fingerprint density at radius 2 is 1.97 bits per heavy atom. The molecule has 3 N–H and O–H groups in total. The number of aromatic nitrogens is 2. The first-order valence-electron chi connectivity index (χ1n) is 11.4. The molecule has 2 aromatic rings. The zero-order chi connectivity index (χ0) is 22.9. The van der Waals surface area contributed by atoms with Crippen molar-refractivity contribution in [1.82, 2.24) is 14.9 Å². The lowest BCUT2D eigenvalue weighted by molar-refractivity contribution is 0.100. The number of likely N-dealkylation sites (tertiary alicyclic amines) is 1. The van der Waals surface area contributed by atoms with Crippen LogP contribution in [-0.2, 0) is 4.74 Å². The quantitative estimate of drug-likeness (QED) is 0.435. The first-order valence-corrected chi connectivity index (χ1v) is 11.4. The Kier molecular flexibility index (Phi) is 8.04. The average molecular weight is 454 g/mol. The number of benzene rings is 1. The number of carbonyl (C=O) groups is 1. The number of ether oxygens (including phenoxy) is 2. The summed E-state index contributed by atoms with van der Waals surface area (Å²) in [5, 5.41) is 4.27. The first kappa shape index (κ1) is 22.9. The molecule has 0 atom stereocenters. The highest BCUT2D eigenvalue weighted by Gasteiger charge is 2.16. The number of rotatable bonds is 9. The maximum Gasteiger partial charge on any atom is 0.319 e. The molecule has 10 nitrogen and oxygen atoms in total. The zero-order valence-corrected chi connectivity index (χ0v) is 18.8. The minimum atomic E-state index is -0.486. The number of piperidine rings is 1. The molecule has 3 heterocycles. The summed E-state index contributed by atoms with van der Waals surface area (Å²) in [5.74, 6) is 0.304. The highest BCUT2D eigenvalue weighted by molar-refractivity contribution is 5.93. The molecule has 4 rings (SSSR count). The average Bonchev–Trinajstić information content (AvgIpc) is 2.85. The van der Waals surface area contributed by atoms with Crippen molar-refractivity contribution in [1.29, 1.82) is 0 Å². The van der Waals surface area contributed by atoms with Crippen LogP contribution in [0, 0.1) is 0 Å². The summed E-state index contributed by atoms with van der Waals surface area (Å²) >= 11 is 0. The molecular weight excluding hydrogens is 422 g/mol. The lowest BCUT2D eigenvalue weighted by Gasteiger charge is -2.28. The fourth-order valence-electron chi connectivity index (χ4n) is 3.88. The third kappa shape index (κ3) is 6.87. The predicted molar refractivity (Wildman–Crippen MR) is 127 cm³/mol. The van der Waals surface area contributed by atoms with Gasteiger partial charge in [-0.05, 0) is 44.1 Å². The van der Waals surface area contributed by atoms with Crippen LogP contribution >= 0.6 is 0 Å². The van der Waals surface area contributed by atoms with Gasteiger partial charge in [-0.25, -0.2) is 0 Å². The van der Waals surface area contributed by atoms with Gasteiger partial charge >= 0.3 is 6.01 Å². The van der Waals surface area contributed by atoms with E-state index in [1.54, 1.807) is 30.5 Å². The van der Waals surface area contributed by atoms with Gasteiger partial charge < -0.3 is 20.1 Å². The van der Waals surface area contributed by atoms with Crippen molar-refractivity contribution in [2.24, 2.45) is 10.8 Å². The lowest BCUT2D eigenvalue weighted by Crippen LogP contribution is -2.37. The summed E-state index contributed by atoms with van der Waals surface area (Å²) in [4.78, 5) is 25.1. The monoisotopic (exact) mass is 453 g/mol. The van der Waals surface area contributed by atoms with Gasteiger partial charge in [0.2, 0.25) is 5.91 Å². The van der Waals surface area contributed by atoms with Gasteiger partial charge in [-0.1, -0.05) is 12.5 Å². The van der Waals surface area contributed by atoms with Gasteiger partial charge in [-0.3, -0.25) is 15.1 Å². The van der Waals surface area contributed by atoms with Gasteiger partial charge in [0.05, 0.1) is 30.8 Å². The van der Waals surface area contributed by atoms with Crippen LogP contribution in [0.5, 0.6) is 6.01 Å². The third-order valence-electron chi connectivity index (χ3n) is 5.67. The zero-order valence-electron chi connectivity index (χ0n) is 18.8. The number of hydrogen-bond acceptors (Lipinski definition) is 9. The number of anilines is 2. The molecule has 33 heavy (non-hydrogen) atoms. The van der Waals surface area contributed by atoms with Crippen molar-refractivity contribution in [2.45, 2.75) is 19.3 Å². The molecule has 10 heteroatoms. The number of amides is 1. The van der Waals surface area contributed by atoms with Crippen LogP contribution < -0.4 is 20.8 Å². The highest BCUT2D eigenvalue weighted by atomic mass is 16.5. The van der Waals surface area contributed by atoms with E-state index < -0.39 is 5.91 Å². The Hall–Kier alpha value is -3.24. The van der Waals surface area contributed by atoms with Crippen LogP contribution in [0.3, 0.4) is 0 Å². The minimum Gasteiger partial charge on any atom is -0.462 e. The van der Waals surface area contributed by atoms with Crippen molar-refractivity contribution in [3.63, 3.8) is 0 Å². The number of hydrogen-bond donors (Lipinski definition) is 2. The van der Waals surface area contributed by atoms with Crippen LogP contribution in [0.1, 0.15) is 35.3 Å². The van der Waals surface area contributed by atoms with Gasteiger partial charge in [0.15, 0.2) is 0 Å². The molecule has 1 aromatic carbocycles. The number of nitrogens with zero attached hydrogens (tertiary/aromatic N) is 5. The molecule has 1 amide bonds. The largest absolute Gasteiger partial charge is 0.462 e. The SMILES string of the molecule is NC(=O)c1cccc(NN=Cc2cc(N3CCOCC3)nc(OCCN3CCCCC3)n2)c1. The molecule has 0 bridgehead atoms. The van der Waals surface area contributed by atoms with Crippen LogP contribution in [0.4, 0.5) is 11.5 Å². The fourth-order valence-corrected chi connectivity index (χ4v) is 3.88. The molecule has 1 aromatic heterocycles. The van der Waals surface area contributed by atoms with Crippen LogP contribution in [-0.4, -0.2) is 79.5 Å². The normalized spacial score (nSPS) is 17.3. The predicted octanol–water partition coefficient (Wildman–Crippen LogP) is 1.72. The summed E-state index contributed by atoms with van der Waals surface area (Å²) in [5.41, 5.74) is 9.95. The Balaban J connectivity index is 1.44. The maximum absolute atomic E-state index is 11.4. The van der Waals surface area contributed by atoms with E-state index in [-0.39, 0.29) is 0 Å². The van der Waals surface area contributed by atoms with E-state index in [1.807, 2.05) is 6.07 Å². The molecule has 2 fully saturated rings. The first-order chi connectivity index (χ1) is 16.2. The van der Waals surface area contributed by atoms with Crippen molar-refractivity contribution >= 4 is 23.6 Å². The molecular formula is C23H31N7O3. The summed E-state index contributed by atoms with van der Waals surface area (Å²) < 4.78 is 11.4. The molecule has 0 aliphatic carbocycles. The number of primary amides is 1. The number of carbonyl (C=O) groups excluding carboxylic acids is 1. The second kappa shape index (κ2) is 11.6. The summed E-state index contributed by atoms with van der Waals surface area (Å²) in [7, 11) is 0. The molecule has 0 saturated carbocycles. The van der Waals surface area contributed by atoms with E-state index in [9.17, 15) is 4.79 Å². The second-order valence-electron chi connectivity index (χ2n) is 8.10. The number of nitrogens with one attached hydrogen (secondary N) is 1.